The van der Waals surface area contributed by atoms with E-state index in [0.717, 1.165) is 38.5 Å². The normalized spacial score (nSPS) is 14.2. The molecule has 0 radical (unpaired) electrons. The number of carbonyl (C=O) groups excluding carboxylic acids is 1. The predicted molar refractivity (Wildman–Crippen MR) is 114 cm³/mol. The summed E-state index contributed by atoms with van der Waals surface area (Å²) < 4.78 is 1.33. The second kappa shape index (κ2) is 8.77. The number of aromatic amines is 1. The average molecular weight is 405 g/mol. The van der Waals surface area contributed by atoms with Crippen molar-refractivity contribution < 1.29 is 4.79 Å². The van der Waals surface area contributed by atoms with Crippen LogP contribution in [0.2, 0.25) is 0 Å². The number of nitrogens with two attached hydrogens (primary N) is 1. The van der Waals surface area contributed by atoms with Gasteiger partial charge in [-0.25, -0.2) is 4.79 Å². The van der Waals surface area contributed by atoms with Crippen molar-refractivity contribution in [2.45, 2.75) is 64.8 Å². The quantitative estimate of drug-likeness (QED) is 0.800. The topological polar surface area (TPSA) is 101 Å². The fourth-order valence-corrected chi connectivity index (χ4v) is 4.89. The molecule has 0 bridgehead atoms. The van der Waals surface area contributed by atoms with Gasteiger partial charge in [-0.05, 0) is 43.7 Å². The molecule has 1 aliphatic carbocycles. The van der Waals surface area contributed by atoms with Crippen molar-refractivity contribution in [2.75, 3.05) is 17.7 Å². The molecule has 0 saturated heterocycles. The van der Waals surface area contributed by atoms with Crippen LogP contribution in [0.15, 0.2) is 15.7 Å². The first-order valence-electron chi connectivity index (χ1n) is 9.96. The van der Waals surface area contributed by atoms with E-state index in [9.17, 15) is 14.4 Å². The van der Waals surface area contributed by atoms with E-state index in [4.69, 9.17) is 5.73 Å². The Bertz CT molecular complexity index is 947. The van der Waals surface area contributed by atoms with Crippen molar-refractivity contribution in [2.24, 2.45) is 0 Å². The predicted octanol–water partition coefficient (Wildman–Crippen LogP) is 2.92. The molecule has 2 aromatic rings. The molecule has 0 unspecified atom stereocenters. The molecule has 2 heterocycles. The number of nitrogen functional groups attached to an aromatic ring is 1. The van der Waals surface area contributed by atoms with Gasteiger partial charge in [0, 0.05) is 18.5 Å². The Kier molecular flexibility index (Phi) is 6.39. The summed E-state index contributed by atoms with van der Waals surface area (Å²) in [7, 11) is 1.54. The first kappa shape index (κ1) is 20.4. The Hall–Kier alpha value is -2.35. The van der Waals surface area contributed by atoms with E-state index in [1.165, 1.54) is 51.1 Å². The number of carbonyl (C=O) groups is 1. The largest absolute Gasteiger partial charge is 0.383 e. The summed E-state index contributed by atoms with van der Waals surface area (Å²) in [5, 5.41) is 0. The number of unbranched alkanes of at least 4 members (excludes halogenated alkanes) is 1. The number of hydrogen-bond donors (Lipinski definition) is 2. The minimum atomic E-state index is -0.638. The molecular formula is C20H28N4O3S. The van der Waals surface area contributed by atoms with Gasteiger partial charge in [-0.3, -0.25) is 19.1 Å². The molecule has 1 amide bonds. The molecule has 7 nitrogen and oxygen atoms in total. The highest BCUT2D eigenvalue weighted by Gasteiger charge is 2.24. The number of H-pyrrole nitrogens is 1. The highest BCUT2D eigenvalue weighted by atomic mass is 32.1. The van der Waals surface area contributed by atoms with Gasteiger partial charge < -0.3 is 10.6 Å². The lowest BCUT2D eigenvalue weighted by molar-refractivity contribution is 0.0996. The van der Waals surface area contributed by atoms with Crippen molar-refractivity contribution in [1.29, 1.82) is 0 Å². The molecule has 1 aliphatic rings. The third-order valence-corrected chi connectivity index (χ3v) is 6.52. The molecule has 0 fully saturated rings. The summed E-state index contributed by atoms with van der Waals surface area (Å²) in [6, 6.07) is 1.96. The van der Waals surface area contributed by atoms with Gasteiger partial charge in [-0.2, -0.15) is 0 Å². The summed E-state index contributed by atoms with van der Waals surface area (Å²) in [5.41, 5.74) is 6.23. The monoisotopic (exact) mass is 404 g/mol. The number of nitrogens with one attached hydrogen (secondary N) is 1. The van der Waals surface area contributed by atoms with E-state index < -0.39 is 11.2 Å². The van der Waals surface area contributed by atoms with Crippen molar-refractivity contribution in [3.05, 3.63) is 42.2 Å². The summed E-state index contributed by atoms with van der Waals surface area (Å²) >= 11 is 1.51. The summed E-state index contributed by atoms with van der Waals surface area (Å²) in [4.78, 5) is 43.0. The maximum Gasteiger partial charge on any atom is 0.330 e. The van der Waals surface area contributed by atoms with Crippen molar-refractivity contribution >= 4 is 28.7 Å². The number of aryl methyl sites for hydroxylation is 2. The second-order valence-electron chi connectivity index (χ2n) is 7.34. The maximum absolute atomic E-state index is 13.1. The van der Waals surface area contributed by atoms with Gasteiger partial charge in [0.15, 0.2) is 5.69 Å². The molecule has 2 aromatic heterocycles. The van der Waals surface area contributed by atoms with Crippen LogP contribution >= 0.6 is 11.3 Å². The third-order valence-electron chi connectivity index (χ3n) is 5.30. The minimum absolute atomic E-state index is 0.0292. The highest BCUT2D eigenvalue weighted by Crippen LogP contribution is 2.30. The zero-order valence-electron chi connectivity index (χ0n) is 16.5. The van der Waals surface area contributed by atoms with E-state index in [-0.39, 0.29) is 17.4 Å². The van der Waals surface area contributed by atoms with Crippen molar-refractivity contribution in [1.82, 2.24) is 9.55 Å². The molecular weight excluding hydrogens is 376 g/mol. The number of fused-ring (bicyclic) bond motifs is 1. The molecule has 0 saturated carbocycles. The second-order valence-corrected chi connectivity index (χ2v) is 8.47. The number of anilines is 2. The number of amides is 1. The van der Waals surface area contributed by atoms with E-state index >= 15 is 0 Å². The van der Waals surface area contributed by atoms with Gasteiger partial charge in [0.2, 0.25) is 0 Å². The van der Waals surface area contributed by atoms with E-state index in [1.54, 1.807) is 0 Å². The van der Waals surface area contributed by atoms with Crippen LogP contribution in [0, 0.1) is 0 Å². The Balaban J connectivity index is 1.94. The number of aromatic nitrogens is 2. The SMILES string of the molecule is CCCCn1c(N)c(N(C)C(=O)c2cc3c(s2)CCCCCC3)c(=O)[nH]c1=O. The maximum atomic E-state index is 13.1. The zero-order chi connectivity index (χ0) is 20.3. The summed E-state index contributed by atoms with van der Waals surface area (Å²) in [5.74, 6) is -0.234. The van der Waals surface area contributed by atoms with Gasteiger partial charge in [0.1, 0.15) is 5.82 Å². The van der Waals surface area contributed by atoms with Crippen molar-refractivity contribution in [3.8, 4) is 0 Å². The molecule has 8 heteroatoms. The lowest BCUT2D eigenvalue weighted by atomic mass is 10.00. The number of hydrogen-bond acceptors (Lipinski definition) is 5. The standard InChI is InChI=1S/C20H28N4O3S/c1-3-4-11-24-17(21)16(18(25)22-20(24)27)23(2)19(26)15-12-13-9-7-5-6-8-10-14(13)28-15/h12H,3-11,21H2,1-2H3,(H,22,25,27). The van der Waals surface area contributed by atoms with Crippen LogP contribution in [0.1, 0.15) is 65.6 Å². The number of nitrogens with zero attached hydrogens (tertiary/aromatic N) is 2. The smallest absolute Gasteiger partial charge is 0.330 e. The molecule has 0 atom stereocenters. The van der Waals surface area contributed by atoms with Crippen LogP contribution in [-0.4, -0.2) is 22.5 Å². The Morgan fingerprint density at radius 1 is 1.25 bits per heavy atom. The van der Waals surface area contributed by atoms with Crippen LogP contribution in [0.4, 0.5) is 11.5 Å². The van der Waals surface area contributed by atoms with Gasteiger partial charge in [-0.15, -0.1) is 11.3 Å². The molecule has 152 valence electrons. The summed E-state index contributed by atoms with van der Waals surface area (Å²) in [6.07, 6.45) is 8.37. The Morgan fingerprint density at radius 2 is 1.96 bits per heavy atom. The average Bonchev–Trinajstić information content (AvgIpc) is 3.02. The van der Waals surface area contributed by atoms with Gasteiger partial charge in [0.25, 0.3) is 11.5 Å². The first-order valence-corrected chi connectivity index (χ1v) is 10.8. The minimum Gasteiger partial charge on any atom is -0.383 e. The Morgan fingerprint density at radius 3 is 2.68 bits per heavy atom. The lowest BCUT2D eigenvalue weighted by Gasteiger charge is -2.19. The lowest BCUT2D eigenvalue weighted by Crippen LogP contribution is -2.39. The number of rotatable bonds is 5. The van der Waals surface area contributed by atoms with Crippen LogP contribution < -0.4 is 21.9 Å². The van der Waals surface area contributed by atoms with Crippen LogP contribution in [0.25, 0.3) is 0 Å². The molecule has 0 spiro atoms. The molecule has 0 aromatic carbocycles. The number of thiophene rings is 1. The first-order chi connectivity index (χ1) is 13.4. The molecule has 3 rings (SSSR count). The fourth-order valence-electron chi connectivity index (χ4n) is 3.66. The van der Waals surface area contributed by atoms with Crippen molar-refractivity contribution in [3.63, 3.8) is 0 Å². The molecule has 28 heavy (non-hydrogen) atoms. The zero-order valence-corrected chi connectivity index (χ0v) is 17.4. The van der Waals surface area contributed by atoms with E-state index in [2.05, 4.69) is 4.98 Å². The van der Waals surface area contributed by atoms with Gasteiger partial charge in [-0.1, -0.05) is 26.2 Å². The van der Waals surface area contributed by atoms with E-state index in [1.807, 2.05) is 13.0 Å². The van der Waals surface area contributed by atoms with E-state index in [0.29, 0.717) is 11.4 Å². The fraction of sp³-hybridized carbons (Fsp3) is 0.550. The van der Waals surface area contributed by atoms with Gasteiger partial charge in [0.05, 0.1) is 4.88 Å². The van der Waals surface area contributed by atoms with Crippen LogP contribution in [0.3, 0.4) is 0 Å². The van der Waals surface area contributed by atoms with Crippen LogP contribution in [0.5, 0.6) is 0 Å². The van der Waals surface area contributed by atoms with Crippen LogP contribution in [-0.2, 0) is 19.4 Å². The third kappa shape index (κ3) is 4.06. The highest BCUT2D eigenvalue weighted by molar-refractivity contribution is 7.14. The molecule has 3 N–H and O–H groups in total. The molecule has 0 aliphatic heterocycles. The summed E-state index contributed by atoms with van der Waals surface area (Å²) in [6.45, 7) is 2.41. The Labute approximate surface area is 168 Å². The van der Waals surface area contributed by atoms with Gasteiger partial charge >= 0.3 is 5.69 Å².